The van der Waals surface area contributed by atoms with Crippen LogP contribution in [0.4, 0.5) is 0 Å². The van der Waals surface area contributed by atoms with Gasteiger partial charge in [0.2, 0.25) is 5.91 Å². The molecule has 0 radical (unpaired) electrons. The molecular formula is C11H22N2O3. The predicted molar refractivity (Wildman–Crippen MR) is 61.1 cm³/mol. The minimum atomic E-state index is 0.138. The van der Waals surface area contributed by atoms with Crippen LogP contribution in [0.15, 0.2) is 0 Å². The minimum Gasteiger partial charge on any atom is -0.396 e. The van der Waals surface area contributed by atoms with Gasteiger partial charge in [-0.05, 0) is 18.9 Å². The third-order valence-electron chi connectivity index (χ3n) is 2.75. The van der Waals surface area contributed by atoms with Gasteiger partial charge in [0.25, 0.3) is 0 Å². The first-order valence-corrected chi connectivity index (χ1v) is 5.91. The molecule has 0 aliphatic carbocycles. The van der Waals surface area contributed by atoms with Crippen LogP contribution in [0.5, 0.6) is 0 Å². The summed E-state index contributed by atoms with van der Waals surface area (Å²) in [6.07, 6.45) is 0.777. The summed E-state index contributed by atoms with van der Waals surface area (Å²) in [6, 6.07) is 0. The Kier molecular flexibility index (Phi) is 6.37. The number of aliphatic hydroxyl groups is 1. The molecule has 1 heterocycles. The number of hydrogen-bond donors (Lipinski definition) is 2. The van der Waals surface area contributed by atoms with Crippen molar-refractivity contribution in [3.8, 4) is 0 Å². The number of nitrogens with one attached hydrogen (secondary N) is 1. The highest BCUT2D eigenvalue weighted by Crippen LogP contribution is 1.99. The number of morpholine rings is 1. The van der Waals surface area contributed by atoms with E-state index in [0.717, 1.165) is 13.0 Å². The number of carbonyl (C=O) groups excluding carboxylic acids is 1. The fourth-order valence-electron chi connectivity index (χ4n) is 1.67. The summed E-state index contributed by atoms with van der Waals surface area (Å²) in [6.45, 7) is 6.12. The molecule has 5 nitrogen and oxygen atoms in total. The second kappa shape index (κ2) is 7.60. The van der Waals surface area contributed by atoms with E-state index in [9.17, 15) is 4.79 Å². The van der Waals surface area contributed by atoms with E-state index in [1.165, 1.54) is 0 Å². The smallest absolute Gasteiger partial charge is 0.236 e. The number of amides is 1. The van der Waals surface area contributed by atoms with Gasteiger partial charge in [-0.3, -0.25) is 4.79 Å². The van der Waals surface area contributed by atoms with Crippen molar-refractivity contribution in [2.75, 3.05) is 46.0 Å². The number of carbonyl (C=O) groups is 1. The summed E-state index contributed by atoms with van der Waals surface area (Å²) in [5.41, 5.74) is 0. The first-order chi connectivity index (χ1) is 7.74. The Bertz CT molecular complexity index is 205. The van der Waals surface area contributed by atoms with Crippen molar-refractivity contribution in [2.24, 2.45) is 5.92 Å². The van der Waals surface area contributed by atoms with E-state index in [2.05, 4.69) is 12.2 Å². The van der Waals surface area contributed by atoms with Gasteiger partial charge in [0.1, 0.15) is 0 Å². The second-order valence-electron chi connectivity index (χ2n) is 4.24. The molecule has 94 valence electrons. The Morgan fingerprint density at radius 2 is 2.19 bits per heavy atom. The maximum absolute atomic E-state index is 11.7. The lowest BCUT2D eigenvalue weighted by molar-refractivity contribution is -0.134. The SMILES string of the molecule is CC(CCO)CNCC(=O)N1CCOCC1. The van der Waals surface area contributed by atoms with Gasteiger partial charge in [0.15, 0.2) is 0 Å². The van der Waals surface area contributed by atoms with Gasteiger partial charge in [-0.25, -0.2) is 0 Å². The molecule has 5 heteroatoms. The Labute approximate surface area is 96.8 Å². The van der Waals surface area contributed by atoms with Crippen molar-refractivity contribution in [3.63, 3.8) is 0 Å². The molecule has 0 spiro atoms. The van der Waals surface area contributed by atoms with E-state index in [1.807, 2.05) is 4.90 Å². The van der Waals surface area contributed by atoms with Crippen molar-refractivity contribution in [2.45, 2.75) is 13.3 Å². The second-order valence-corrected chi connectivity index (χ2v) is 4.24. The molecule has 0 aromatic carbocycles. The molecule has 1 saturated heterocycles. The summed E-state index contributed by atoms with van der Waals surface area (Å²) >= 11 is 0. The van der Waals surface area contributed by atoms with Crippen molar-refractivity contribution in [3.05, 3.63) is 0 Å². The lowest BCUT2D eigenvalue weighted by Crippen LogP contribution is -2.45. The van der Waals surface area contributed by atoms with Crippen LogP contribution in [-0.4, -0.2) is 61.9 Å². The fourth-order valence-corrected chi connectivity index (χ4v) is 1.67. The van der Waals surface area contributed by atoms with Crippen LogP contribution in [-0.2, 0) is 9.53 Å². The van der Waals surface area contributed by atoms with Crippen LogP contribution in [0.3, 0.4) is 0 Å². The molecule has 1 rings (SSSR count). The first-order valence-electron chi connectivity index (χ1n) is 5.91. The van der Waals surface area contributed by atoms with Crippen LogP contribution in [0.25, 0.3) is 0 Å². The first kappa shape index (κ1) is 13.4. The van der Waals surface area contributed by atoms with Gasteiger partial charge < -0.3 is 20.1 Å². The summed E-state index contributed by atoms with van der Waals surface area (Å²) in [5, 5.41) is 11.9. The number of aliphatic hydroxyl groups excluding tert-OH is 1. The molecule has 1 fully saturated rings. The molecule has 0 bridgehead atoms. The molecule has 1 aliphatic heterocycles. The molecule has 0 saturated carbocycles. The Balaban J connectivity index is 2.09. The highest BCUT2D eigenvalue weighted by Gasteiger charge is 2.16. The van der Waals surface area contributed by atoms with Crippen LogP contribution < -0.4 is 5.32 Å². The average Bonchev–Trinajstić information content (AvgIpc) is 2.30. The number of hydrogen-bond acceptors (Lipinski definition) is 4. The summed E-state index contributed by atoms with van der Waals surface area (Å²) < 4.78 is 5.18. The van der Waals surface area contributed by atoms with Crippen molar-refractivity contribution in [1.82, 2.24) is 10.2 Å². The van der Waals surface area contributed by atoms with E-state index in [4.69, 9.17) is 9.84 Å². The molecule has 1 atom stereocenters. The molecule has 1 unspecified atom stereocenters. The lowest BCUT2D eigenvalue weighted by atomic mass is 10.1. The van der Waals surface area contributed by atoms with Gasteiger partial charge in [-0.2, -0.15) is 0 Å². The van der Waals surface area contributed by atoms with Crippen LogP contribution in [0.1, 0.15) is 13.3 Å². The summed E-state index contributed by atoms with van der Waals surface area (Å²) in [5.74, 6) is 0.544. The Hall–Kier alpha value is -0.650. The standard InChI is InChI=1S/C11H22N2O3/c1-10(2-5-14)8-12-9-11(15)13-3-6-16-7-4-13/h10,12,14H,2-9H2,1H3. The zero-order valence-electron chi connectivity index (χ0n) is 9.95. The van der Waals surface area contributed by atoms with E-state index < -0.39 is 0 Å². The molecule has 0 aromatic rings. The summed E-state index contributed by atoms with van der Waals surface area (Å²) in [4.78, 5) is 13.5. The summed E-state index contributed by atoms with van der Waals surface area (Å²) in [7, 11) is 0. The third kappa shape index (κ3) is 4.92. The minimum absolute atomic E-state index is 0.138. The number of ether oxygens (including phenoxy) is 1. The van der Waals surface area contributed by atoms with E-state index in [1.54, 1.807) is 0 Å². The average molecular weight is 230 g/mol. The topological polar surface area (TPSA) is 61.8 Å². The maximum Gasteiger partial charge on any atom is 0.236 e. The van der Waals surface area contributed by atoms with Gasteiger partial charge in [0.05, 0.1) is 19.8 Å². The van der Waals surface area contributed by atoms with Crippen molar-refractivity contribution in [1.29, 1.82) is 0 Å². The van der Waals surface area contributed by atoms with E-state index in [-0.39, 0.29) is 12.5 Å². The van der Waals surface area contributed by atoms with Crippen LogP contribution in [0.2, 0.25) is 0 Å². The largest absolute Gasteiger partial charge is 0.396 e. The molecule has 1 amide bonds. The monoisotopic (exact) mass is 230 g/mol. The van der Waals surface area contributed by atoms with E-state index >= 15 is 0 Å². The fraction of sp³-hybridized carbons (Fsp3) is 0.909. The lowest BCUT2D eigenvalue weighted by Gasteiger charge is -2.27. The van der Waals surface area contributed by atoms with Crippen LogP contribution in [0, 0.1) is 5.92 Å². The predicted octanol–water partition coefficient (Wildman–Crippen LogP) is -0.547. The normalized spacial score (nSPS) is 18.5. The number of rotatable bonds is 6. The Morgan fingerprint density at radius 1 is 1.50 bits per heavy atom. The molecule has 16 heavy (non-hydrogen) atoms. The highest BCUT2D eigenvalue weighted by molar-refractivity contribution is 5.78. The Morgan fingerprint density at radius 3 is 2.81 bits per heavy atom. The van der Waals surface area contributed by atoms with Gasteiger partial charge >= 0.3 is 0 Å². The van der Waals surface area contributed by atoms with Gasteiger partial charge in [-0.1, -0.05) is 6.92 Å². The molecule has 2 N–H and O–H groups in total. The zero-order chi connectivity index (χ0) is 11.8. The van der Waals surface area contributed by atoms with Gasteiger partial charge in [0, 0.05) is 19.7 Å². The van der Waals surface area contributed by atoms with Gasteiger partial charge in [-0.15, -0.1) is 0 Å². The van der Waals surface area contributed by atoms with Crippen LogP contribution >= 0.6 is 0 Å². The van der Waals surface area contributed by atoms with Crippen molar-refractivity contribution < 1.29 is 14.6 Å². The quantitative estimate of drug-likeness (QED) is 0.643. The third-order valence-corrected chi connectivity index (χ3v) is 2.75. The van der Waals surface area contributed by atoms with E-state index in [0.29, 0.717) is 38.8 Å². The van der Waals surface area contributed by atoms with Crippen molar-refractivity contribution >= 4 is 5.91 Å². The highest BCUT2D eigenvalue weighted by atomic mass is 16.5. The maximum atomic E-state index is 11.7. The molecule has 1 aliphatic rings. The zero-order valence-corrected chi connectivity index (χ0v) is 9.95. The number of nitrogens with zero attached hydrogens (tertiary/aromatic N) is 1. The molecule has 0 aromatic heterocycles. The molecular weight excluding hydrogens is 208 g/mol.